The van der Waals surface area contributed by atoms with Crippen LogP contribution in [0, 0.1) is 5.92 Å². The largest absolute Gasteiger partial charge is 0.508 e. The van der Waals surface area contributed by atoms with E-state index in [2.05, 4.69) is 39.2 Å². The first kappa shape index (κ1) is 16.3. The number of aromatic hydroxyl groups is 1. The zero-order valence-electron chi connectivity index (χ0n) is 14.3. The Morgan fingerprint density at radius 1 is 1.08 bits per heavy atom. The maximum Gasteiger partial charge on any atom is 0.219 e. The number of benzene rings is 2. The summed E-state index contributed by atoms with van der Waals surface area (Å²) < 4.78 is 0. The molecule has 2 unspecified atom stereocenters. The van der Waals surface area contributed by atoms with Crippen molar-refractivity contribution in [3.63, 3.8) is 0 Å². The molecular formula is C21H20N4O. The van der Waals surface area contributed by atoms with Gasteiger partial charge in [-0.15, -0.1) is 0 Å². The van der Waals surface area contributed by atoms with E-state index in [9.17, 15) is 5.11 Å². The lowest BCUT2D eigenvalue weighted by Gasteiger charge is -2.04. The number of nitrogens with two attached hydrogens (primary N) is 1. The van der Waals surface area contributed by atoms with E-state index in [1.165, 1.54) is 5.56 Å². The Hall–Kier alpha value is -3.21. The Balaban J connectivity index is 1.36. The van der Waals surface area contributed by atoms with Crippen LogP contribution >= 0.6 is 0 Å². The van der Waals surface area contributed by atoms with Gasteiger partial charge in [0.05, 0.1) is 6.54 Å². The Labute approximate surface area is 152 Å². The molecule has 26 heavy (non-hydrogen) atoms. The van der Waals surface area contributed by atoms with Gasteiger partial charge >= 0.3 is 0 Å². The molecule has 130 valence electrons. The molecule has 1 saturated carbocycles. The second-order valence-corrected chi connectivity index (χ2v) is 6.62. The van der Waals surface area contributed by atoms with Gasteiger partial charge in [-0.3, -0.25) is 4.99 Å². The van der Waals surface area contributed by atoms with Gasteiger partial charge in [0, 0.05) is 30.1 Å². The number of rotatable bonds is 5. The first-order chi connectivity index (χ1) is 12.7. The summed E-state index contributed by atoms with van der Waals surface area (Å²) in [5.41, 5.74) is 9.91. The Bertz CT molecular complexity index is 920. The van der Waals surface area contributed by atoms with Gasteiger partial charge in [0.1, 0.15) is 5.75 Å². The van der Waals surface area contributed by atoms with E-state index >= 15 is 0 Å². The lowest BCUT2D eigenvalue weighted by molar-refractivity contribution is 0.475. The van der Waals surface area contributed by atoms with Crippen molar-refractivity contribution in [2.75, 3.05) is 5.73 Å². The predicted molar refractivity (Wildman–Crippen MR) is 103 cm³/mol. The van der Waals surface area contributed by atoms with Crippen LogP contribution < -0.4 is 5.73 Å². The van der Waals surface area contributed by atoms with Crippen molar-refractivity contribution in [3.8, 4) is 16.9 Å². The Morgan fingerprint density at radius 2 is 1.85 bits per heavy atom. The van der Waals surface area contributed by atoms with Gasteiger partial charge in [-0.25, -0.2) is 9.97 Å². The molecule has 0 bridgehead atoms. The minimum absolute atomic E-state index is 0.286. The Kier molecular flexibility index (Phi) is 4.35. The smallest absolute Gasteiger partial charge is 0.219 e. The van der Waals surface area contributed by atoms with E-state index in [-0.39, 0.29) is 11.7 Å². The van der Waals surface area contributed by atoms with E-state index in [0.29, 0.717) is 18.4 Å². The number of aliphatic imine (C=N–C) groups is 1. The highest BCUT2D eigenvalue weighted by molar-refractivity contribution is 5.69. The monoisotopic (exact) mass is 344 g/mol. The molecule has 1 heterocycles. The van der Waals surface area contributed by atoms with Crippen LogP contribution in [-0.2, 0) is 6.54 Å². The van der Waals surface area contributed by atoms with Crippen molar-refractivity contribution in [1.82, 2.24) is 9.97 Å². The topological polar surface area (TPSA) is 84.4 Å². The number of hydrogen-bond acceptors (Lipinski definition) is 5. The number of aromatic nitrogens is 2. The van der Waals surface area contributed by atoms with Crippen molar-refractivity contribution in [1.29, 1.82) is 0 Å². The molecule has 1 fully saturated rings. The van der Waals surface area contributed by atoms with Crippen LogP contribution in [0.3, 0.4) is 0 Å². The number of nitrogens with zero attached hydrogens (tertiary/aromatic N) is 3. The molecule has 0 radical (unpaired) electrons. The molecule has 0 aliphatic heterocycles. The number of phenols is 1. The maximum absolute atomic E-state index is 9.61. The van der Waals surface area contributed by atoms with Crippen molar-refractivity contribution < 1.29 is 5.11 Å². The fourth-order valence-corrected chi connectivity index (χ4v) is 3.11. The average Bonchev–Trinajstić information content (AvgIpc) is 3.43. The van der Waals surface area contributed by atoms with Gasteiger partial charge in [0.15, 0.2) is 0 Å². The minimum Gasteiger partial charge on any atom is -0.508 e. The highest BCUT2D eigenvalue weighted by atomic mass is 16.3. The lowest BCUT2D eigenvalue weighted by atomic mass is 10.0. The third-order valence-electron chi connectivity index (χ3n) is 4.65. The Morgan fingerprint density at radius 3 is 2.58 bits per heavy atom. The molecule has 5 heteroatoms. The van der Waals surface area contributed by atoms with Gasteiger partial charge in [0.25, 0.3) is 0 Å². The van der Waals surface area contributed by atoms with Gasteiger partial charge in [-0.05, 0) is 41.2 Å². The second kappa shape index (κ2) is 6.96. The third kappa shape index (κ3) is 3.72. The third-order valence-corrected chi connectivity index (χ3v) is 4.65. The van der Waals surface area contributed by atoms with E-state index in [1.807, 2.05) is 18.3 Å². The standard InChI is InChI=1S/C21H20N4O/c22-21-24-11-14(12-25-21)10-23-13-18-9-20(18)16-6-4-15(5-7-16)17-2-1-3-19(26)8-17/h1-8,11-13,18,20,26H,9-10H2,(H2,22,24,25). The number of phenolic OH excluding ortho intramolecular Hbond substituents is 1. The first-order valence-electron chi connectivity index (χ1n) is 8.65. The molecule has 1 aliphatic carbocycles. The molecule has 2 aromatic carbocycles. The van der Waals surface area contributed by atoms with Crippen molar-refractivity contribution in [2.45, 2.75) is 18.9 Å². The quantitative estimate of drug-likeness (QED) is 0.689. The average molecular weight is 344 g/mol. The zero-order valence-corrected chi connectivity index (χ0v) is 14.3. The normalized spacial score (nSPS) is 18.9. The minimum atomic E-state index is 0.286. The van der Waals surface area contributed by atoms with E-state index in [1.54, 1.807) is 24.5 Å². The van der Waals surface area contributed by atoms with Crippen LogP contribution in [0.1, 0.15) is 23.5 Å². The SMILES string of the molecule is Nc1ncc(CN=CC2CC2c2ccc(-c3cccc(O)c3)cc2)cn1. The molecule has 1 aliphatic rings. The fourth-order valence-electron chi connectivity index (χ4n) is 3.11. The number of nitrogen functional groups attached to an aromatic ring is 1. The van der Waals surface area contributed by atoms with Gasteiger partial charge in [-0.1, -0.05) is 36.4 Å². The lowest BCUT2D eigenvalue weighted by Crippen LogP contribution is -1.95. The fraction of sp³-hybridized carbons (Fsp3) is 0.190. The summed E-state index contributed by atoms with van der Waals surface area (Å²) in [7, 11) is 0. The molecule has 5 nitrogen and oxygen atoms in total. The summed E-state index contributed by atoms with van der Waals surface area (Å²) >= 11 is 0. The molecule has 1 aromatic heterocycles. The van der Waals surface area contributed by atoms with Gasteiger partial charge in [-0.2, -0.15) is 0 Å². The van der Waals surface area contributed by atoms with Crippen LogP contribution in [0.4, 0.5) is 5.95 Å². The van der Waals surface area contributed by atoms with Crippen molar-refractivity contribution in [3.05, 3.63) is 72.1 Å². The van der Waals surface area contributed by atoms with Crippen molar-refractivity contribution in [2.24, 2.45) is 10.9 Å². The molecule has 0 spiro atoms. The summed E-state index contributed by atoms with van der Waals surface area (Å²) in [4.78, 5) is 12.5. The highest BCUT2D eigenvalue weighted by Crippen LogP contribution is 2.46. The predicted octanol–water partition coefficient (Wildman–Crippen LogP) is 3.81. The summed E-state index contributed by atoms with van der Waals surface area (Å²) in [5, 5.41) is 9.61. The van der Waals surface area contributed by atoms with Crippen LogP contribution in [0.15, 0.2) is 65.9 Å². The maximum atomic E-state index is 9.61. The van der Waals surface area contributed by atoms with Crippen LogP contribution in [0.2, 0.25) is 0 Å². The van der Waals surface area contributed by atoms with Crippen LogP contribution in [-0.4, -0.2) is 21.3 Å². The summed E-state index contributed by atoms with van der Waals surface area (Å²) in [6.45, 7) is 0.583. The number of anilines is 1. The second-order valence-electron chi connectivity index (χ2n) is 6.62. The van der Waals surface area contributed by atoms with E-state index < -0.39 is 0 Å². The first-order valence-corrected chi connectivity index (χ1v) is 8.65. The molecule has 3 aromatic rings. The highest BCUT2D eigenvalue weighted by Gasteiger charge is 2.36. The molecule has 0 amide bonds. The summed E-state index contributed by atoms with van der Waals surface area (Å²) in [6.07, 6.45) is 6.60. The van der Waals surface area contributed by atoms with Crippen LogP contribution in [0.5, 0.6) is 5.75 Å². The van der Waals surface area contributed by atoms with Crippen molar-refractivity contribution >= 4 is 12.2 Å². The zero-order chi connectivity index (χ0) is 17.9. The van der Waals surface area contributed by atoms with Gasteiger partial charge < -0.3 is 10.8 Å². The van der Waals surface area contributed by atoms with E-state index in [4.69, 9.17) is 5.73 Å². The molecule has 3 N–H and O–H groups in total. The molecule has 4 rings (SSSR count). The summed E-state index contributed by atoms with van der Waals surface area (Å²) in [6, 6.07) is 15.9. The van der Waals surface area contributed by atoms with E-state index in [0.717, 1.165) is 23.1 Å². The molecular weight excluding hydrogens is 324 g/mol. The van der Waals surface area contributed by atoms with Crippen LogP contribution in [0.25, 0.3) is 11.1 Å². The summed E-state index contributed by atoms with van der Waals surface area (Å²) in [5.74, 6) is 1.61. The molecule has 2 atom stereocenters. The molecule has 0 saturated heterocycles. The van der Waals surface area contributed by atoms with Gasteiger partial charge in [0.2, 0.25) is 5.95 Å². The number of hydrogen-bond donors (Lipinski definition) is 2.